The topological polar surface area (TPSA) is 56.5 Å². The lowest BCUT2D eigenvalue weighted by molar-refractivity contribution is 0.684. The minimum absolute atomic E-state index is 0.466. The molecule has 0 atom stereocenters. The second-order valence-electron chi connectivity index (χ2n) is 3.46. The molecule has 0 saturated heterocycles. The molecule has 5 nitrogen and oxygen atoms in total. The van der Waals surface area contributed by atoms with E-state index >= 15 is 0 Å². The van der Waals surface area contributed by atoms with Crippen LogP contribution >= 0.6 is 23.4 Å². The van der Waals surface area contributed by atoms with Crippen molar-refractivity contribution >= 4 is 23.4 Å². The van der Waals surface area contributed by atoms with Gasteiger partial charge in [0.05, 0.1) is 0 Å². The summed E-state index contributed by atoms with van der Waals surface area (Å²) < 4.78 is 1.69. The Kier molecular flexibility index (Phi) is 3.96. The molecule has 0 fully saturated rings. The highest BCUT2D eigenvalue weighted by atomic mass is 35.5. The third kappa shape index (κ3) is 3.17. The van der Waals surface area contributed by atoms with E-state index in [1.807, 2.05) is 7.05 Å². The first-order valence-electron chi connectivity index (χ1n) is 5.24. The van der Waals surface area contributed by atoms with Crippen molar-refractivity contribution in [1.82, 2.24) is 24.7 Å². The van der Waals surface area contributed by atoms with E-state index in [0.29, 0.717) is 5.15 Å². The van der Waals surface area contributed by atoms with E-state index in [4.69, 9.17) is 11.6 Å². The molecule has 0 aliphatic carbocycles. The number of nitrogens with zero attached hydrogens (tertiary/aromatic N) is 5. The van der Waals surface area contributed by atoms with E-state index in [2.05, 4.69) is 27.0 Å². The predicted molar refractivity (Wildman–Crippen MR) is 66.2 cm³/mol. The number of aromatic nitrogens is 5. The fourth-order valence-electron chi connectivity index (χ4n) is 1.30. The van der Waals surface area contributed by atoms with Gasteiger partial charge in [-0.3, -0.25) is 0 Å². The van der Waals surface area contributed by atoms with Gasteiger partial charge in [0.1, 0.15) is 22.3 Å². The van der Waals surface area contributed by atoms with E-state index in [0.717, 1.165) is 28.8 Å². The molecule has 0 aliphatic rings. The molecule has 2 aromatic heterocycles. The van der Waals surface area contributed by atoms with Crippen molar-refractivity contribution in [3.8, 4) is 0 Å². The Morgan fingerprint density at radius 1 is 1.41 bits per heavy atom. The Morgan fingerprint density at radius 2 is 2.24 bits per heavy atom. The second-order valence-corrected chi connectivity index (χ2v) is 4.84. The summed E-state index contributed by atoms with van der Waals surface area (Å²) >= 11 is 7.39. The van der Waals surface area contributed by atoms with Crippen LogP contribution in [0.5, 0.6) is 0 Å². The minimum atomic E-state index is 0.466. The van der Waals surface area contributed by atoms with E-state index in [-0.39, 0.29) is 0 Å². The smallest absolute Gasteiger partial charge is 0.192 e. The maximum atomic E-state index is 5.96. The lowest BCUT2D eigenvalue weighted by Gasteiger charge is -2.03. The summed E-state index contributed by atoms with van der Waals surface area (Å²) in [5.41, 5.74) is 0. The van der Waals surface area contributed by atoms with Crippen LogP contribution in [-0.2, 0) is 13.5 Å². The molecule has 0 aromatic carbocycles. The number of rotatable bonds is 4. The van der Waals surface area contributed by atoms with Crippen molar-refractivity contribution < 1.29 is 0 Å². The summed E-state index contributed by atoms with van der Waals surface area (Å²) in [7, 11) is 1.84. The third-order valence-corrected chi connectivity index (χ3v) is 3.22. The first-order chi connectivity index (χ1) is 8.19. The molecule has 90 valence electrons. The van der Waals surface area contributed by atoms with Gasteiger partial charge in [0, 0.05) is 19.5 Å². The molecular weight excluding hydrogens is 258 g/mol. The van der Waals surface area contributed by atoms with Gasteiger partial charge in [-0.1, -0.05) is 18.5 Å². The Hall–Kier alpha value is -1.14. The summed E-state index contributed by atoms with van der Waals surface area (Å²) in [6, 6.07) is 1.74. The number of halogens is 1. The minimum Gasteiger partial charge on any atom is -0.244 e. The van der Waals surface area contributed by atoms with E-state index < -0.39 is 0 Å². The third-order valence-electron chi connectivity index (χ3n) is 2.06. The van der Waals surface area contributed by atoms with Crippen molar-refractivity contribution in [1.29, 1.82) is 0 Å². The molecule has 2 aromatic rings. The lowest BCUT2D eigenvalue weighted by Crippen LogP contribution is -1.98. The molecule has 0 aliphatic heterocycles. The summed E-state index contributed by atoms with van der Waals surface area (Å²) in [6.07, 6.45) is 3.33. The molecule has 0 bridgehead atoms. The standard InChI is InChI=1S/C10H12ClN5S/c1-3-4-8-14-7(11)5-9(15-8)17-10-12-6-13-16(10)2/h5-6H,3-4H2,1-2H3. The SMILES string of the molecule is CCCc1nc(Cl)cc(Sc2ncnn2C)n1. The Morgan fingerprint density at radius 3 is 2.88 bits per heavy atom. The van der Waals surface area contributed by atoms with Crippen LogP contribution in [-0.4, -0.2) is 24.7 Å². The van der Waals surface area contributed by atoms with Crippen LogP contribution in [0.25, 0.3) is 0 Å². The monoisotopic (exact) mass is 269 g/mol. The molecule has 2 heterocycles. The zero-order chi connectivity index (χ0) is 12.3. The Balaban J connectivity index is 2.23. The fourth-order valence-corrected chi connectivity index (χ4v) is 2.35. The molecule has 0 saturated carbocycles. The molecule has 0 radical (unpaired) electrons. The quantitative estimate of drug-likeness (QED) is 0.798. The van der Waals surface area contributed by atoms with Crippen LogP contribution < -0.4 is 0 Å². The molecule has 17 heavy (non-hydrogen) atoms. The highest BCUT2D eigenvalue weighted by Gasteiger charge is 2.08. The van der Waals surface area contributed by atoms with Gasteiger partial charge in [0.15, 0.2) is 5.16 Å². The highest BCUT2D eigenvalue weighted by molar-refractivity contribution is 7.99. The van der Waals surface area contributed by atoms with Gasteiger partial charge in [-0.15, -0.1) is 0 Å². The van der Waals surface area contributed by atoms with E-state index in [1.165, 1.54) is 18.1 Å². The predicted octanol–water partition coefficient (Wildman–Crippen LogP) is 2.36. The van der Waals surface area contributed by atoms with Crippen LogP contribution in [0.15, 0.2) is 22.6 Å². The van der Waals surface area contributed by atoms with Crippen LogP contribution in [0.1, 0.15) is 19.2 Å². The molecule has 0 N–H and O–H groups in total. The van der Waals surface area contributed by atoms with Crippen molar-refractivity contribution in [2.75, 3.05) is 0 Å². The van der Waals surface area contributed by atoms with Crippen molar-refractivity contribution in [2.24, 2.45) is 7.05 Å². The van der Waals surface area contributed by atoms with Crippen LogP contribution in [0.2, 0.25) is 5.15 Å². The summed E-state index contributed by atoms with van der Waals surface area (Å²) in [5.74, 6) is 0.768. The van der Waals surface area contributed by atoms with Crippen molar-refractivity contribution in [3.05, 3.63) is 23.4 Å². The van der Waals surface area contributed by atoms with Crippen molar-refractivity contribution in [3.63, 3.8) is 0 Å². The lowest BCUT2D eigenvalue weighted by atomic mass is 10.3. The molecule has 0 unspecified atom stereocenters. The molecule has 7 heteroatoms. The Bertz CT molecular complexity index is 513. The van der Waals surface area contributed by atoms with Gasteiger partial charge in [-0.2, -0.15) is 5.10 Å². The fraction of sp³-hybridized carbons (Fsp3) is 0.400. The van der Waals surface area contributed by atoms with E-state index in [1.54, 1.807) is 10.7 Å². The average Bonchev–Trinajstić information content (AvgIpc) is 2.64. The molecular formula is C10H12ClN5S. The van der Waals surface area contributed by atoms with Crippen molar-refractivity contribution in [2.45, 2.75) is 29.9 Å². The number of hydrogen-bond acceptors (Lipinski definition) is 5. The number of aryl methyl sites for hydroxylation is 2. The summed E-state index contributed by atoms with van der Waals surface area (Å²) in [6.45, 7) is 2.08. The van der Waals surface area contributed by atoms with Gasteiger partial charge >= 0.3 is 0 Å². The molecule has 0 spiro atoms. The Labute approximate surface area is 109 Å². The zero-order valence-corrected chi connectivity index (χ0v) is 11.2. The zero-order valence-electron chi connectivity index (χ0n) is 9.59. The first-order valence-corrected chi connectivity index (χ1v) is 6.43. The average molecular weight is 270 g/mol. The second kappa shape index (κ2) is 5.46. The summed E-state index contributed by atoms with van der Waals surface area (Å²) in [5, 5.41) is 6.04. The van der Waals surface area contributed by atoms with Gasteiger partial charge in [0.25, 0.3) is 0 Å². The maximum Gasteiger partial charge on any atom is 0.192 e. The summed E-state index contributed by atoms with van der Waals surface area (Å²) in [4.78, 5) is 12.7. The first kappa shape index (κ1) is 12.3. The van der Waals surface area contributed by atoms with Gasteiger partial charge in [-0.25, -0.2) is 19.6 Å². The van der Waals surface area contributed by atoms with E-state index in [9.17, 15) is 0 Å². The normalized spacial score (nSPS) is 10.8. The van der Waals surface area contributed by atoms with Crippen LogP contribution in [0, 0.1) is 0 Å². The van der Waals surface area contributed by atoms with Gasteiger partial charge in [-0.05, 0) is 18.2 Å². The van der Waals surface area contributed by atoms with Gasteiger partial charge in [0.2, 0.25) is 0 Å². The van der Waals surface area contributed by atoms with Crippen LogP contribution in [0.4, 0.5) is 0 Å². The molecule has 0 amide bonds. The van der Waals surface area contributed by atoms with Crippen LogP contribution in [0.3, 0.4) is 0 Å². The van der Waals surface area contributed by atoms with Gasteiger partial charge < -0.3 is 0 Å². The largest absolute Gasteiger partial charge is 0.244 e. The maximum absolute atomic E-state index is 5.96. The number of hydrogen-bond donors (Lipinski definition) is 0. The molecule has 2 rings (SSSR count). The highest BCUT2D eigenvalue weighted by Crippen LogP contribution is 2.25.